The molecule has 0 N–H and O–H groups in total. The summed E-state index contributed by atoms with van der Waals surface area (Å²) >= 11 is 0. The minimum absolute atomic E-state index is 0.0825. The van der Waals surface area contributed by atoms with Gasteiger partial charge in [0, 0.05) is 19.3 Å². The van der Waals surface area contributed by atoms with Crippen LogP contribution in [0.15, 0.2) is 85.1 Å². The lowest BCUT2D eigenvalue weighted by molar-refractivity contribution is -0.167. The number of carbonyl (C=O) groups is 3. The first-order valence-corrected chi connectivity index (χ1v) is 36.1. The summed E-state index contributed by atoms with van der Waals surface area (Å²) in [5, 5.41) is 0. The lowest BCUT2D eigenvalue weighted by atomic mass is 10.0. The summed E-state index contributed by atoms with van der Waals surface area (Å²) in [7, 11) is 0. The molecule has 0 aliphatic carbocycles. The van der Waals surface area contributed by atoms with Gasteiger partial charge in [0.2, 0.25) is 0 Å². The summed E-state index contributed by atoms with van der Waals surface area (Å²) in [5.41, 5.74) is 0. The van der Waals surface area contributed by atoms with Crippen molar-refractivity contribution in [3.05, 3.63) is 85.1 Å². The highest BCUT2D eigenvalue weighted by Crippen LogP contribution is 2.18. The predicted molar refractivity (Wildman–Crippen MR) is 362 cm³/mol. The minimum Gasteiger partial charge on any atom is -0.462 e. The number of esters is 3. The fourth-order valence-electron chi connectivity index (χ4n) is 10.5. The van der Waals surface area contributed by atoms with Gasteiger partial charge < -0.3 is 14.2 Å². The molecule has 1 atom stereocenters. The third-order valence-corrected chi connectivity index (χ3v) is 15.9. The van der Waals surface area contributed by atoms with Crippen LogP contribution in [-0.2, 0) is 28.6 Å². The van der Waals surface area contributed by atoms with E-state index in [2.05, 4.69) is 106 Å². The molecule has 0 aromatic carbocycles. The number of rotatable bonds is 66. The number of hydrogen-bond acceptors (Lipinski definition) is 6. The van der Waals surface area contributed by atoms with Crippen molar-refractivity contribution in [3.63, 3.8) is 0 Å². The molecule has 0 spiro atoms. The number of unbranched alkanes of at least 4 members (excludes halogenated alkanes) is 41. The van der Waals surface area contributed by atoms with Crippen LogP contribution in [0.4, 0.5) is 0 Å². The monoisotopic (exact) mass is 1160 g/mol. The molecular weight excluding hydrogens is 1020 g/mol. The Balaban J connectivity index is 4.29. The predicted octanol–water partition coefficient (Wildman–Crippen LogP) is 25.0. The highest BCUT2D eigenvalue weighted by atomic mass is 16.6. The molecule has 83 heavy (non-hydrogen) atoms. The van der Waals surface area contributed by atoms with E-state index in [0.29, 0.717) is 19.3 Å². The average Bonchev–Trinajstić information content (AvgIpc) is 3.49. The summed E-state index contributed by atoms with van der Waals surface area (Å²) in [6.07, 6.45) is 94.7. The smallest absolute Gasteiger partial charge is 0.306 e. The molecule has 0 amide bonds. The van der Waals surface area contributed by atoms with Gasteiger partial charge in [0.1, 0.15) is 13.2 Å². The second-order valence-electron chi connectivity index (χ2n) is 24.1. The van der Waals surface area contributed by atoms with Crippen LogP contribution in [0.1, 0.15) is 367 Å². The highest BCUT2D eigenvalue weighted by Gasteiger charge is 2.19. The molecule has 0 radical (unpaired) electrons. The Morgan fingerprint density at radius 2 is 0.470 bits per heavy atom. The molecular formula is C77H136O6. The minimum atomic E-state index is -0.789. The molecule has 0 bridgehead atoms. The van der Waals surface area contributed by atoms with Gasteiger partial charge in [-0.25, -0.2) is 0 Å². The second-order valence-corrected chi connectivity index (χ2v) is 24.1. The maximum absolute atomic E-state index is 13.0. The second kappa shape index (κ2) is 71.1. The van der Waals surface area contributed by atoms with Crippen molar-refractivity contribution in [2.45, 2.75) is 374 Å². The van der Waals surface area contributed by atoms with Gasteiger partial charge in [0.15, 0.2) is 6.10 Å². The van der Waals surface area contributed by atoms with Gasteiger partial charge in [-0.1, -0.05) is 318 Å². The number of allylic oxidation sites excluding steroid dienone is 14. The Morgan fingerprint density at radius 1 is 0.253 bits per heavy atom. The van der Waals surface area contributed by atoms with Gasteiger partial charge in [0.05, 0.1) is 0 Å². The van der Waals surface area contributed by atoms with Crippen molar-refractivity contribution >= 4 is 17.9 Å². The van der Waals surface area contributed by atoms with E-state index >= 15 is 0 Å². The summed E-state index contributed by atoms with van der Waals surface area (Å²) < 4.78 is 17.0. The summed E-state index contributed by atoms with van der Waals surface area (Å²) in [5.74, 6) is -0.886. The van der Waals surface area contributed by atoms with E-state index in [1.165, 1.54) is 218 Å². The van der Waals surface area contributed by atoms with E-state index in [4.69, 9.17) is 14.2 Å². The van der Waals surface area contributed by atoms with Gasteiger partial charge in [-0.15, -0.1) is 0 Å². The topological polar surface area (TPSA) is 78.9 Å². The van der Waals surface area contributed by atoms with E-state index < -0.39 is 6.10 Å². The number of ether oxygens (including phenoxy) is 3. The van der Waals surface area contributed by atoms with Crippen LogP contribution in [-0.4, -0.2) is 37.2 Å². The molecule has 6 heteroatoms. The van der Waals surface area contributed by atoms with Crippen molar-refractivity contribution in [1.29, 1.82) is 0 Å². The Labute approximate surface area is 515 Å². The first-order chi connectivity index (χ1) is 41.0. The fraction of sp³-hybridized carbons (Fsp3) is 0.779. The molecule has 0 fully saturated rings. The molecule has 0 aliphatic heterocycles. The van der Waals surface area contributed by atoms with Crippen LogP contribution in [0.25, 0.3) is 0 Å². The first-order valence-electron chi connectivity index (χ1n) is 36.1. The van der Waals surface area contributed by atoms with Crippen molar-refractivity contribution in [1.82, 2.24) is 0 Å². The van der Waals surface area contributed by atoms with Crippen molar-refractivity contribution in [2.24, 2.45) is 0 Å². The van der Waals surface area contributed by atoms with E-state index in [-0.39, 0.29) is 31.1 Å². The summed E-state index contributed by atoms with van der Waals surface area (Å²) in [4.78, 5) is 38.5. The molecule has 0 aliphatic rings. The zero-order chi connectivity index (χ0) is 59.9. The van der Waals surface area contributed by atoms with Crippen LogP contribution in [0.2, 0.25) is 0 Å². The lowest BCUT2D eigenvalue weighted by Gasteiger charge is -2.18. The fourth-order valence-corrected chi connectivity index (χ4v) is 10.5. The molecule has 480 valence electrons. The van der Waals surface area contributed by atoms with Gasteiger partial charge in [0.25, 0.3) is 0 Å². The largest absolute Gasteiger partial charge is 0.462 e. The number of carbonyl (C=O) groups excluding carboxylic acids is 3. The van der Waals surface area contributed by atoms with Crippen molar-refractivity contribution in [2.75, 3.05) is 13.2 Å². The van der Waals surface area contributed by atoms with Crippen molar-refractivity contribution in [3.8, 4) is 0 Å². The third kappa shape index (κ3) is 69.3. The zero-order valence-corrected chi connectivity index (χ0v) is 55.2. The average molecular weight is 1160 g/mol. The SMILES string of the molecule is CC/C=C\C/C=C\C/C=C\C/C=C\CCCCCCCCC(=O)OC(COC(=O)CCCCCCCCC/C=C\C/C=C\CCCCC)COC(=O)CCCCCCCCCCCCCCCCCCC/C=C\CCCCCCCCCC. The van der Waals surface area contributed by atoms with Gasteiger partial charge >= 0.3 is 17.9 Å². The Bertz CT molecular complexity index is 1570. The number of hydrogen-bond donors (Lipinski definition) is 0. The van der Waals surface area contributed by atoms with E-state index in [1.807, 2.05) is 0 Å². The van der Waals surface area contributed by atoms with E-state index in [1.54, 1.807) is 0 Å². The Kier molecular flexibility index (Phi) is 68.2. The molecule has 6 nitrogen and oxygen atoms in total. The molecule has 0 saturated carbocycles. The van der Waals surface area contributed by atoms with Crippen LogP contribution < -0.4 is 0 Å². The maximum Gasteiger partial charge on any atom is 0.306 e. The van der Waals surface area contributed by atoms with Gasteiger partial charge in [-0.05, 0) is 116 Å². The molecule has 1 unspecified atom stereocenters. The van der Waals surface area contributed by atoms with Crippen LogP contribution in [0.5, 0.6) is 0 Å². The first kappa shape index (κ1) is 79.6. The van der Waals surface area contributed by atoms with Crippen LogP contribution in [0.3, 0.4) is 0 Å². The van der Waals surface area contributed by atoms with Gasteiger partial charge in [-0.3, -0.25) is 14.4 Å². The summed E-state index contributed by atoms with van der Waals surface area (Å²) in [6, 6.07) is 0. The standard InChI is InChI=1S/C77H136O6/c1-4-7-10-13-16-19-22-25-28-31-33-34-35-36-37-38-39-40-41-42-44-46-49-52-55-58-61-64-67-70-76(79)82-73-74(72-81-75(78)69-66-63-60-57-54-51-48-45-30-27-24-21-18-15-12-9-6-3)83-77(80)71-68-65-62-59-56-53-50-47-43-32-29-26-23-20-17-14-11-8-5-2/h8,11,17-18,20-21,26-27,29-31,33,43,47,74H,4-7,9-10,12-16,19,22-25,28,32,34-42,44-46,48-73H2,1-3H3/b11-8-,20-17-,21-18-,29-26-,30-27-,33-31-,47-43-. The Hall–Kier alpha value is -3.41. The van der Waals surface area contributed by atoms with Crippen molar-refractivity contribution < 1.29 is 28.6 Å². The Morgan fingerprint density at radius 3 is 0.771 bits per heavy atom. The zero-order valence-electron chi connectivity index (χ0n) is 55.2. The quantitative estimate of drug-likeness (QED) is 0.0261. The molecule has 0 saturated heterocycles. The van der Waals surface area contributed by atoms with Gasteiger partial charge in [-0.2, -0.15) is 0 Å². The summed E-state index contributed by atoms with van der Waals surface area (Å²) in [6.45, 7) is 6.53. The maximum atomic E-state index is 13.0. The van der Waals surface area contributed by atoms with Crippen LogP contribution in [0, 0.1) is 0 Å². The van der Waals surface area contributed by atoms with E-state index in [9.17, 15) is 14.4 Å². The third-order valence-electron chi connectivity index (χ3n) is 15.9. The highest BCUT2D eigenvalue weighted by molar-refractivity contribution is 5.71. The molecule has 0 heterocycles. The van der Waals surface area contributed by atoms with E-state index in [0.717, 1.165) is 109 Å². The normalized spacial score (nSPS) is 12.6. The van der Waals surface area contributed by atoms with Crippen LogP contribution >= 0.6 is 0 Å². The molecule has 0 aromatic heterocycles. The molecule has 0 rings (SSSR count). The molecule has 0 aromatic rings. The lowest BCUT2D eigenvalue weighted by Crippen LogP contribution is -2.30.